The van der Waals surface area contributed by atoms with Crippen LogP contribution in [0.5, 0.6) is 0 Å². The smallest absolute Gasteiger partial charge is 0.269 e. The third-order valence-corrected chi connectivity index (χ3v) is 3.96. The van der Waals surface area contributed by atoms with Crippen molar-refractivity contribution in [2.24, 2.45) is 0 Å². The lowest BCUT2D eigenvalue weighted by atomic mass is 9.92. The highest BCUT2D eigenvalue weighted by Gasteiger charge is 2.30. The molecule has 110 valence electrons. The fourth-order valence-electron chi connectivity index (χ4n) is 2.33. The number of nitro benzene ring substituents is 1. The highest BCUT2D eigenvalue weighted by Crippen LogP contribution is 2.31. The van der Waals surface area contributed by atoms with E-state index in [1.54, 1.807) is 24.1 Å². The normalized spacial score (nSPS) is 18.5. The van der Waals surface area contributed by atoms with E-state index in [1.807, 2.05) is 6.92 Å². The average Bonchev–Trinajstić information content (AvgIpc) is 2.44. The summed E-state index contributed by atoms with van der Waals surface area (Å²) >= 11 is 5.25. The standard InChI is InChI=1S/C14H15N3O3S/c1-8-12(9(2)18)13(15-14(21)16(8)3)10-4-6-11(7-5-10)17(19)20/h4-7,13H,1-3H3,(H,15,21)/t13-/m0/s1. The van der Waals surface area contributed by atoms with Crippen molar-refractivity contribution in [2.75, 3.05) is 7.05 Å². The van der Waals surface area contributed by atoms with E-state index in [2.05, 4.69) is 5.32 Å². The van der Waals surface area contributed by atoms with Crippen LogP contribution in [0.1, 0.15) is 25.5 Å². The first-order valence-electron chi connectivity index (χ1n) is 6.33. The van der Waals surface area contributed by atoms with Crippen LogP contribution in [0.15, 0.2) is 35.5 Å². The third-order valence-electron chi connectivity index (χ3n) is 3.57. The van der Waals surface area contributed by atoms with Gasteiger partial charge in [-0.15, -0.1) is 0 Å². The minimum atomic E-state index is -0.455. The Morgan fingerprint density at radius 2 is 1.95 bits per heavy atom. The predicted octanol–water partition coefficient (Wildman–Crippen LogP) is 2.32. The molecule has 0 aliphatic carbocycles. The molecule has 0 aromatic heterocycles. The molecule has 2 rings (SSSR count). The van der Waals surface area contributed by atoms with E-state index >= 15 is 0 Å². The van der Waals surface area contributed by atoms with Gasteiger partial charge in [0.2, 0.25) is 0 Å². The van der Waals surface area contributed by atoms with E-state index in [-0.39, 0.29) is 17.5 Å². The number of rotatable bonds is 3. The van der Waals surface area contributed by atoms with Crippen LogP contribution in [-0.2, 0) is 4.79 Å². The lowest BCUT2D eigenvalue weighted by Crippen LogP contribution is -2.45. The number of Topliss-reactive ketones (excluding diaryl/α,β-unsaturated/α-hetero) is 1. The molecule has 1 aliphatic rings. The second-order valence-corrected chi connectivity index (χ2v) is 5.23. The highest BCUT2D eigenvalue weighted by atomic mass is 32.1. The summed E-state index contributed by atoms with van der Waals surface area (Å²) < 4.78 is 0. The molecule has 1 aliphatic heterocycles. The molecule has 0 unspecified atom stereocenters. The van der Waals surface area contributed by atoms with E-state index in [1.165, 1.54) is 19.1 Å². The first-order chi connectivity index (χ1) is 9.82. The van der Waals surface area contributed by atoms with Crippen molar-refractivity contribution < 1.29 is 9.72 Å². The topological polar surface area (TPSA) is 75.5 Å². The summed E-state index contributed by atoms with van der Waals surface area (Å²) in [6.07, 6.45) is 0. The van der Waals surface area contributed by atoms with E-state index in [4.69, 9.17) is 12.2 Å². The Labute approximate surface area is 127 Å². The van der Waals surface area contributed by atoms with E-state index < -0.39 is 4.92 Å². The lowest BCUT2D eigenvalue weighted by Gasteiger charge is -2.35. The Morgan fingerprint density at radius 1 is 1.38 bits per heavy atom. The zero-order valence-corrected chi connectivity index (χ0v) is 12.7. The van der Waals surface area contributed by atoms with Gasteiger partial charge in [-0.2, -0.15) is 0 Å². The minimum Gasteiger partial charge on any atom is -0.351 e. The fraction of sp³-hybridized carbons (Fsp3) is 0.286. The van der Waals surface area contributed by atoms with Gasteiger partial charge < -0.3 is 10.2 Å². The van der Waals surface area contributed by atoms with Crippen molar-refractivity contribution in [3.05, 3.63) is 51.2 Å². The summed E-state index contributed by atoms with van der Waals surface area (Å²) in [6, 6.07) is 5.74. The zero-order chi connectivity index (χ0) is 15.7. The molecule has 1 aromatic rings. The van der Waals surface area contributed by atoms with Gasteiger partial charge in [0.25, 0.3) is 5.69 Å². The predicted molar refractivity (Wildman–Crippen MR) is 82.7 cm³/mol. The van der Waals surface area contributed by atoms with Crippen LogP contribution >= 0.6 is 12.2 Å². The second kappa shape index (κ2) is 5.61. The van der Waals surface area contributed by atoms with Crippen LogP contribution in [-0.4, -0.2) is 27.8 Å². The average molecular weight is 305 g/mol. The molecule has 7 heteroatoms. The molecule has 0 bridgehead atoms. The first kappa shape index (κ1) is 15.1. The Kier molecular flexibility index (Phi) is 4.04. The van der Waals surface area contributed by atoms with Crippen molar-refractivity contribution in [2.45, 2.75) is 19.9 Å². The molecule has 0 saturated carbocycles. The van der Waals surface area contributed by atoms with E-state index in [0.717, 1.165) is 11.3 Å². The molecular weight excluding hydrogens is 290 g/mol. The summed E-state index contributed by atoms with van der Waals surface area (Å²) in [4.78, 5) is 23.9. The monoisotopic (exact) mass is 305 g/mol. The molecule has 1 aromatic carbocycles. The van der Waals surface area contributed by atoms with Gasteiger partial charge in [0.05, 0.1) is 11.0 Å². The first-order valence-corrected chi connectivity index (χ1v) is 6.74. The molecule has 0 radical (unpaired) electrons. The Hall–Kier alpha value is -2.28. The van der Waals surface area contributed by atoms with Crippen molar-refractivity contribution in [3.8, 4) is 0 Å². The number of non-ortho nitro benzene ring substituents is 1. The maximum absolute atomic E-state index is 11.9. The Morgan fingerprint density at radius 3 is 2.43 bits per heavy atom. The van der Waals surface area contributed by atoms with Crippen molar-refractivity contribution in [1.29, 1.82) is 0 Å². The number of ketones is 1. The minimum absolute atomic E-state index is 0.0133. The molecule has 1 atom stereocenters. The quantitative estimate of drug-likeness (QED) is 0.525. The summed E-state index contributed by atoms with van der Waals surface area (Å²) in [6.45, 7) is 3.34. The number of carbonyl (C=O) groups is 1. The van der Waals surface area contributed by atoms with Gasteiger partial charge in [-0.25, -0.2) is 0 Å². The van der Waals surface area contributed by atoms with Crippen LogP contribution in [0.3, 0.4) is 0 Å². The van der Waals surface area contributed by atoms with E-state index in [0.29, 0.717) is 10.7 Å². The molecule has 0 spiro atoms. The summed E-state index contributed by atoms with van der Waals surface area (Å²) in [5.41, 5.74) is 2.18. The molecule has 6 nitrogen and oxygen atoms in total. The van der Waals surface area contributed by atoms with Gasteiger partial charge in [-0.05, 0) is 43.8 Å². The van der Waals surface area contributed by atoms with E-state index in [9.17, 15) is 14.9 Å². The fourth-order valence-corrected chi connectivity index (χ4v) is 2.59. The Balaban J connectivity index is 2.48. The number of hydrogen-bond acceptors (Lipinski definition) is 4. The number of carbonyl (C=O) groups excluding carboxylic acids is 1. The van der Waals surface area contributed by atoms with Gasteiger partial charge >= 0.3 is 0 Å². The highest BCUT2D eigenvalue weighted by molar-refractivity contribution is 7.80. The third kappa shape index (κ3) is 2.78. The van der Waals surface area contributed by atoms with Gasteiger partial charge in [0, 0.05) is 30.5 Å². The Bertz CT molecular complexity index is 652. The lowest BCUT2D eigenvalue weighted by molar-refractivity contribution is -0.384. The van der Waals surface area contributed by atoms with Gasteiger partial charge in [-0.1, -0.05) is 0 Å². The van der Waals surface area contributed by atoms with Crippen molar-refractivity contribution >= 4 is 28.8 Å². The summed E-state index contributed by atoms with van der Waals surface area (Å²) in [5, 5.41) is 14.3. The number of benzene rings is 1. The zero-order valence-electron chi connectivity index (χ0n) is 11.9. The van der Waals surface area contributed by atoms with Gasteiger partial charge in [0.15, 0.2) is 10.9 Å². The van der Waals surface area contributed by atoms with Crippen LogP contribution in [0.4, 0.5) is 5.69 Å². The number of nitro groups is 1. The SMILES string of the molecule is CC(=O)C1=C(C)N(C)C(=S)N[C@H]1c1ccc([N+](=O)[O-])cc1. The number of nitrogens with zero attached hydrogens (tertiary/aromatic N) is 2. The van der Waals surface area contributed by atoms with Crippen molar-refractivity contribution in [3.63, 3.8) is 0 Å². The molecule has 0 amide bonds. The molecule has 21 heavy (non-hydrogen) atoms. The summed E-state index contributed by atoms with van der Waals surface area (Å²) in [7, 11) is 1.79. The molecular formula is C14H15N3O3S. The molecule has 0 fully saturated rings. The number of nitrogens with one attached hydrogen (secondary N) is 1. The molecule has 1 N–H and O–H groups in total. The van der Waals surface area contributed by atoms with Crippen LogP contribution in [0.2, 0.25) is 0 Å². The number of hydrogen-bond donors (Lipinski definition) is 1. The number of allylic oxidation sites excluding steroid dienone is 1. The van der Waals surface area contributed by atoms with Crippen LogP contribution in [0, 0.1) is 10.1 Å². The maximum Gasteiger partial charge on any atom is 0.269 e. The summed E-state index contributed by atoms with van der Waals surface area (Å²) in [5.74, 6) is -0.0577. The van der Waals surface area contributed by atoms with Crippen LogP contribution in [0.25, 0.3) is 0 Å². The number of thiocarbonyl (C=S) groups is 1. The van der Waals surface area contributed by atoms with Gasteiger partial charge in [0.1, 0.15) is 0 Å². The second-order valence-electron chi connectivity index (χ2n) is 4.85. The molecule has 1 heterocycles. The largest absolute Gasteiger partial charge is 0.351 e. The van der Waals surface area contributed by atoms with Crippen molar-refractivity contribution in [1.82, 2.24) is 10.2 Å². The maximum atomic E-state index is 11.9. The van der Waals surface area contributed by atoms with Gasteiger partial charge in [-0.3, -0.25) is 14.9 Å². The van der Waals surface area contributed by atoms with Crippen LogP contribution < -0.4 is 5.32 Å². The molecule has 0 saturated heterocycles.